The van der Waals surface area contributed by atoms with Crippen molar-refractivity contribution in [1.29, 1.82) is 0 Å². The maximum absolute atomic E-state index is 11.3. The third-order valence-corrected chi connectivity index (χ3v) is 2.20. The van der Waals surface area contributed by atoms with E-state index in [1.54, 1.807) is 0 Å². The first-order chi connectivity index (χ1) is 7.88. The number of nitrogens with one attached hydrogen (secondary N) is 1. The van der Waals surface area contributed by atoms with Gasteiger partial charge >= 0.3 is 6.03 Å². The van der Waals surface area contributed by atoms with Gasteiger partial charge in [-0.2, -0.15) is 0 Å². The van der Waals surface area contributed by atoms with Crippen molar-refractivity contribution in [3.63, 3.8) is 0 Å². The van der Waals surface area contributed by atoms with Crippen molar-refractivity contribution in [3.05, 3.63) is 28.2 Å². The molecule has 3 amide bonds. The molecule has 3 N–H and O–H groups in total. The van der Waals surface area contributed by atoms with Gasteiger partial charge in [0, 0.05) is 10.0 Å². The van der Waals surface area contributed by atoms with Crippen molar-refractivity contribution in [1.82, 2.24) is 5.32 Å². The Morgan fingerprint density at radius 3 is 2.29 bits per heavy atom. The van der Waals surface area contributed by atoms with Crippen LogP contribution in [-0.2, 0) is 4.79 Å². The van der Waals surface area contributed by atoms with Crippen LogP contribution >= 0.6 is 23.2 Å². The summed E-state index contributed by atoms with van der Waals surface area (Å²) >= 11 is 11.5. The Morgan fingerprint density at radius 2 is 1.82 bits per heavy atom. The second kappa shape index (κ2) is 5.75. The van der Waals surface area contributed by atoms with Gasteiger partial charge in [0.25, 0.3) is 5.91 Å². The van der Waals surface area contributed by atoms with Gasteiger partial charge in [0.1, 0.15) is 5.75 Å². The maximum Gasteiger partial charge on any atom is 0.318 e. The number of rotatable bonds is 3. The summed E-state index contributed by atoms with van der Waals surface area (Å²) in [5, 5.41) is 2.67. The predicted molar refractivity (Wildman–Crippen MR) is 64.3 cm³/mol. The molecule has 0 unspecified atom stereocenters. The van der Waals surface area contributed by atoms with Crippen molar-refractivity contribution in [2.45, 2.75) is 13.0 Å². The van der Waals surface area contributed by atoms with Gasteiger partial charge in [-0.05, 0) is 25.1 Å². The number of hydrogen-bond acceptors (Lipinski definition) is 3. The average Bonchev–Trinajstić information content (AvgIpc) is 2.14. The van der Waals surface area contributed by atoms with E-state index in [9.17, 15) is 9.59 Å². The number of hydrogen-bond donors (Lipinski definition) is 2. The molecule has 5 nitrogen and oxygen atoms in total. The first kappa shape index (κ1) is 13.6. The smallest absolute Gasteiger partial charge is 0.318 e. The molecule has 0 aliphatic carbocycles. The topological polar surface area (TPSA) is 81.4 Å². The van der Waals surface area contributed by atoms with E-state index in [-0.39, 0.29) is 0 Å². The van der Waals surface area contributed by atoms with Crippen molar-refractivity contribution in [2.75, 3.05) is 0 Å². The lowest BCUT2D eigenvalue weighted by Crippen LogP contribution is -2.42. The highest BCUT2D eigenvalue weighted by atomic mass is 35.5. The molecule has 1 aromatic rings. The Bertz CT molecular complexity index is 431. The molecule has 0 saturated carbocycles. The number of imide groups is 1. The summed E-state index contributed by atoms with van der Waals surface area (Å²) in [5.41, 5.74) is 4.80. The molecule has 0 heterocycles. The number of urea groups is 1. The van der Waals surface area contributed by atoms with E-state index >= 15 is 0 Å². The lowest BCUT2D eigenvalue weighted by molar-refractivity contribution is -0.126. The van der Waals surface area contributed by atoms with Gasteiger partial charge in [-0.15, -0.1) is 0 Å². The lowest BCUT2D eigenvalue weighted by Gasteiger charge is -2.13. The molecule has 0 aliphatic heterocycles. The summed E-state index contributed by atoms with van der Waals surface area (Å²) in [6, 6.07) is 3.60. The molecule has 0 bridgehead atoms. The normalized spacial score (nSPS) is 11.7. The van der Waals surface area contributed by atoms with Crippen LogP contribution in [0.15, 0.2) is 18.2 Å². The highest BCUT2D eigenvalue weighted by Crippen LogP contribution is 2.24. The van der Waals surface area contributed by atoms with Crippen LogP contribution in [0.5, 0.6) is 5.75 Å². The van der Waals surface area contributed by atoms with Crippen molar-refractivity contribution in [2.24, 2.45) is 5.73 Å². The number of halogens is 2. The van der Waals surface area contributed by atoms with Gasteiger partial charge in [-0.1, -0.05) is 23.2 Å². The van der Waals surface area contributed by atoms with E-state index in [0.717, 1.165) is 0 Å². The molecular formula is C10H10Cl2N2O3. The van der Waals surface area contributed by atoms with Crippen LogP contribution < -0.4 is 15.8 Å². The van der Waals surface area contributed by atoms with Crippen LogP contribution in [0.3, 0.4) is 0 Å². The summed E-state index contributed by atoms with van der Waals surface area (Å²) < 4.78 is 5.25. The van der Waals surface area contributed by atoms with Crippen LogP contribution in [0, 0.1) is 0 Å². The number of amides is 3. The zero-order valence-corrected chi connectivity index (χ0v) is 10.4. The van der Waals surface area contributed by atoms with Crippen molar-refractivity contribution in [3.8, 4) is 5.75 Å². The van der Waals surface area contributed by atoms with Gasteiger partial charge in [0.15, 0.2) is 6.10 Å². The number of ether oxygens (including phenoxy) is 1. The van der Waals surface area contributed by atoms with Crippen LogP contribution in [0.2, 0.25) is 10.0 Å². The molecule has 0 fully saturated rings. The van der Waals surface area contributed by atoms with E-state index in [2.05, 4.69) is 0 Å². The maximum atomic E-state index is 11.3. The van der Waals surface area contributed by atoms with E-state index in [1.165, 1.54) is 25.1 Å². The van der Waals surface area contributed by atoms with Crippen LogP contribution in [-0.4, -0.2) is 18.0 Å². The Hall–Kier alpha value is -1.46. The molecule has 0 saturated heterocycles. The molecule has 1 rings (SSSR count). The molecule has 1 aromatic carbocycles. The van der Waals surface area contributed by atoms with E-state index in [4.69, 9.17) is 33.7 Å². The molecule has 0 aliphatic rings. The van der Waals surface area contributed by atoms with Crippen molar-refractivity contribution < 1.29 is 14.3 Å². The fourth-order valence-corrected chi connectivity index (χ4v) is 1.58. The lowest BCUT2D eigenvalue weighted by atomic mass is 10.3. The summed E-state index contributed by atoms with van der Waals surface area (Å²) in [4.78, 5) is 21.8. The summed E-state index contributed by atoms with van der Waals surface area (Å²) in [6.45, 7) is 1.47. The SMILES string of the molecule is C[C@@H](Oc1cc(Cl)cc(Cl)c1)C(=O)NC(N)=O. The minimum atomic E-state index is -0.936. The number of carbonyl (C=O) groups is 2. The number of nitrogens with two attached hydrogens (primary N) is 1. The standard InChI is InChI=1S/C10H10Cl2N2O3/c1-5(9(15)14-10(13)16)17-8-3-6(11)2-7(12)4-8/h2-5H,1H3,(H3,13,14,15,16)/t5-/m1/s1. The second-order valence-corrected chi connectivity index (χ2v) is 4.09. The molecule has 7 heteroatoms. The Labute approximate surface area is 108 Å². The number of carbonyl (C=O) groups excluding carboxylic acids is 2. The Balaban J connectivity index is 2.70. The number of benzene rings is 1. The quantitative estimate of drug-likeness (QED) is 0.886. The fraction of sp³-hybridized carbons (Fsp3) is 0.200. The molecule has 0 spiro atoms. The summed E-state index contributed by atoms with van der Waals surface area (Å²) in [6.07, 6.45) is -0.892. The minimum Gasteiger partial charge on any atom is -0.481 e. The predicted octanol–water partition coefficient (Wildman–Crippen LogP) is 1.96. The Kier molecular flexibility index (Phi) is 4.60. The van der Waals surface area contributed by atoms with Crippen LogP contribution in [0.4, 0.5) is 4.79 Å². The minimum absolute atomic E-state index is 0.328. The van der Waals surface area contributed by atoms with Crippen LogP contribution in [0.1, 0.15) is 6.92 Å². The zero-order valence-electron chi connectivity index (χ0n) is 8.87. The van der Waals surface area contributed by atoms with Gasteiger partial charge in [0.05, 0.1) is 0 Å². The summed E-state index contributed by atoms with van der Waals surface area (Å²) in [5.74, 6) is -0.316. The Morgan fingerprint density at radius 1 is 1.29 bits per heavy atom. The molecule has 17 heavy (non-hydrogen) atoms. The van der Waals surface area contributed by atoms with Gasteiger partial charge < -0.3 is 10.5 Å². The zero-order chi connectivity index (χ0) is 13.0. The van der Waals surface area contributed by atoms with Gasteiger partial charge in [-0.25, -0.2) is 4.79 Å². The highest BCUT2D eigenvalue weighted by molar-refractivity contribution is 6.34. The third kappa shape index (κ3) is 4.50. The molecule has 92 valence electrons. The molecule has 0 radical (unpaired) electrons. The van der Waals surface area contributed by atoms with Crippen LogP contribution in [0.25, 0.3) is 0 Å². The third-order valence-electron chi connectivity index (χ3n) is 1.76. The first-order valence-electron chi connectivity index (χ1n) is 4.61. The largest absolute Gasteiger partial charge is 0.481 e. The van der Waals surface area contributed by atoms with Crippen molar-refractivity contribution >= 4 is 35.1 Å². The number of primary amides is 1. The second-order valence-electron chi connectivity index (χ2n) is 3.22. The van der Waals surface area contributed by atoms with E-state index < -0.39 is 18.0 Å². The molecular weight excluding hydrogens is 267 g/mol. The monoisotopic (exact) mass is 276 g/mol. The molecule has 1 atom stereocenters. The molecule has 0 aromatic heterocycles. The summed E-state index contributed by atoms with van der Waals surface area (Å²) in [7, 11) is 0. The van der Waals surface area contributed by atoms with Gasteiger partial charge in [0.2, 0.25) is 0 Å². The van der Waals surface area contributed by atoms with E-state index in [0.29, 0.717) is 15.8 Å². The highest BCUT2D eigenvalue weighted by Gasteiger charge is 2.16. The fourth-order valence-electron chi connectivity index (χ4n) is 1.08. The first-order valence-corrected chi connectivity index (χ1v) is 5.37. The average molecular weight is 277 g/mol. The van der Waals surface area contributed by atoms with Gasteiger partial charge in [-0.3, -0.25) is 10.1 Å². The van der Waals surface area contributed by atoms with E-state index in [1.807, 2.05) is 5.32 Å².